The number of hydrogen-bond acceptors (Lipinski definition) is 11. The van der Waals surface area contributed by atoms with Crippen LogP contribution >= 0.6 is 0 Å². The van der Waals surface area contributed by atoms with Crippen molar-refractivity contribution in [3.63, 3.8) is 0 Å². The molecule has 0 aliphatic heterocycles. The third-order valence-electron chi connectivity index (χ3n) is 5.79. The van der Waals surface area contributed by atoms with E-state index >= 15 is 0 Å². The van der Waals surface area contributed by atoms with E-state index in [2.05, 4.69) is 0 Å². The highest BCUT2D eigenvalue weighted by molar-refractivity contribution is 5.77. The highest BCUT2D eigenvalue weighted by atomic mass is 16.7. The van der Waals surface area contributed by atoms with Gasteiger partial charge in [0.25, 0.3) is 0 Å². The molecule has 1 aromatic carbocycles. The van der Waals surface area contributed by atoms with Crippen molar-refractivity contribution in [3.8, 4) is 11.5 Å². The van der Waals surface area contributed by atoms with E-state index in [9.17, 15) is 19.2 Å². The summed E-state index contributed by atoms with van der Waals surface area (Å²) in [7, 11) is 0. The number of carbonyl (C=O) groups is 4. The lowest BCUT2D eigenvalue weighted by Crippen LogP contribution is -2.38. The van der Waals surface area contributed by atoms with Gasteiger partial charge in [-0.15, -0.1) is 0 Å². The summed E-state index contributed by atoms with van der Waals surface area (Å²) in [5, 5.41) is 0. The van der Waals surface area contributed by atoms with Gasteiger partial charge in [0.05, 0.1) is 18.6 Å². The fourth-order valence-corrected chi connectivity index (χ4v) is 2.87. The van der Waals surface area contributed by atoms with Crippen molar-refractivity contribution in [3.05, 3.63) is 23.8 Å². The lowest BCUT2D eigenvalue weighted by atomic mass is 9.91. The van der Waals surface area contributed by atoms with Crippen molar-refractivity contribution in [1.82, 2.24) is 0 Å². The minimum Gasteiger partial charge on any atom is -0.461 e. The van der Waals surface area contributed by atoms with Crippen molar-refractivity contribution in [2.24, 2.45) is 11.1 Å². The average Bonchev–Trinajstić information content (AvgIpc) is 2.88. The molecule has 0 heterocycles. The largest absolute Gasteiger partial charge is 0.513 e. The van der Waals surface area contributed by atoms with Crippen LogP contribution in [-0.4, -0.2) is 56.2 Å². The normalized spacial score (nSPS) is 12.6. The lowest BCUT2D eigenvalue weighted by Gasteiger charge is -2.22. The second-order valence-electron chi connectivity index (χ2n) is 9.78. The molecular weight excluding hydrogens is 510 g/mol. The van der Waals surface area contributed by atoms with Gasteiger partial charge in [-0.05, 0) is 64.2 Å². The zero-order valence-electron chi connectivity index (χ0n) is 23.9. The second-order valence-corrected chi connectivity index (χ2v) is 9.78. The molecule has 0 amide bonds. The van der Waals surface area contributed by atoms with Crippen molar-refractivity contribution in [2.75, 3.05) is 19.8 Å². The molecule has 2 atom stereocenters. The maximum Gasteiger partial charge on any atom is 0.513 e. The standard InChI is InChI=1S/C28H43NO10/c1-7-10-14-34-26(32)38-22-13-12-20(17-23(22)39-27(33)35-15-11-8-2)16-21(29)24(30)37-19(4)18-36-25(31)28(5,6)9-3/h12-13,17,19,21H,7-11,14-16,18,29H2,1-6H3/t19-,21-/m0/s1. The Morgan fingerprint density at radius 2 is 1.44 bits per heavy atom. The van der Waals surface area contributed by atoms with Gasteiger partial charge in [0.15, 0.2) is 11.5 Å². The lowest BCUT2D eigenvalue weighted by molar-refractivity contribution is -0.164. The van der Waals surface area contributed by atoms with Crippen molar-refractivity contribution >= 4 is 24.2 Å². The van der Waals surface area contributed by atoms with Crippen LogP contribution in [0.5, 0.6) is 11.5 Å². The number of unbranched alkanes of at least 4 members (excludes halogenated alkanes) is 2. The molecule has 0 aliphatic carbocycles. The molecule has 0 aliphatic rings. The van der Waals surface area contributed by atoms with Gasteiger partial charge in [0.2, 0.25) is 0 Å². The summed E-state index contributed by atoms with van der Waals surface area (Å²) >= 11 is 0. The van der Waals surface area contributed by atoms with Crippen LogP contribution in [0.3, 0.4) is 0 Å². The number of ether oxygens (including phenoxy) is 6. The highest BCUT2D eigenvalue weighted by Crippen LogP contribution is 2.30. The molecular formula is C28H43NO10. The molecule has 1 aromatic rings. The van der Waals surface area contributed by atoms with E-state index in [1.54, 1.807) is 26.8 Å². The van der Waals surface area contributed by atoms with E-state index < -0.39 is 35.8 Å². The van der Waals surface area contributed by atoms with Crippen molar-refractivity contribution < 1.29 is 47.6 Å². The third kappa shape index (κ3) is 12.8. The monoisotopic (exact) mass is 553 g/mol. The molecule has 0 unspecified atom stereocenters. The van der Waals surface area contributed by atoms with Gasteiger partial charge < -0.3 is 34.2 Å². The Balaban J connectivity index is 2.85. The minimum absolute atomic E-state index is 0.0245. The van der Waals surface area contributed by atoms with Gasteiger partial charge in [-0.3, -0.25) is 9.59 Å². The van der Waals surface area contributed by atoms with Gasteiger partial charge in [-0.1, -0.05) is 39.7 Å². The quantitative estimate of drug-likeness (QED) is 0.126. The highest BCUT2D eigenvalue weighted by Gasteiger charge is 2.28. The summed E-state index contributed by atoms with van der Waals surface area (Å²) in [5.41, 5.74) is 5.91. The van der Waals surface area contributed by atoms with E-state index in [1.165, 1.54) is 12.1 Å². The van der Waals surface area contributed by atoms with Crippen LogP contribution in [0.1, 0.15) is 79.2 Å². The summed E-state index contributed by atoms with van der Waals surface area (Å²) in [6.45, 7) is 11.2. The zero-order chi connectivity index (χ0) is 29.4. The molecule has 0 saturated heterocycles. The van der Waals surface area contributed by atoms with Crippen molar-refractivity contribution in [1.29, 1.82) is 0 Å². The molecule has 0 radical (unpaired) electrons. The van der Waals surface area contributed by atoms with Crippen LogP contribution in [-0.2, 0) is 35.0 Å². The van der Waals surface area contributed by atoms with Crippen LogP contribution < -0.4 is 15.2 Å². The van der Waals surface area contributed by atoms with Gasteiger partial charge in [-0.25, -0.2) is 9.59 Å². The van der Waals surface area contributed by atoms with E-state index in [0.717, 1.165) is 12.8 Å². The number of benzene rings is 1. The first-order valence-corrected chi connectivity index (χ1v) is 13.4. The number of nitrogens with two attached hydrogens (primary N) is 1. The van der Waals surface area contributed by atoms with Crippen molar-refractivity contribution in [2.45, 2.75) is 92.2 Å². The zero-order valence-corrected chi connectivity index (χ0v) is 23.9. The Morgan fingerprint density at radius 3 is 1.97 bits per heavy atom. The Kier molecular flexibility index (Phi) is 14.9. The average molecular weight is 554 g/mol. The van der Waals surface area contributed by atoms with E-state index in [0.29, 0.717) is 24.8 Å². The molecule has 39 heavy (non-hydrogen) atoms. The maximum absolute atomic E-state index is 12.5. The first-order chi connectivity index (χ1) is 18.4. The predicted molar refractivity (Wildman–Crippen MR) is 142 cm³/mol. The Morgan fingerprint density at radius 1 is 0.872 bits per heavy atom. The molecule has 1 rings (SSSR count). The second kappa shape index (κ2) is 17.3. The fourth-order valence-electron chi connectivity index (χ4n) is 2.87. The van der Waals surface area contributed by atoms with Crippen LogP contribution in [0.4, 0.5) is 9.59 Å². The maximum atomic E-state index is 12.5. The number of rotatable bonds is 16. The van der Waals surface area contributed by atoms with Crippen LogP contribution in [0, 0.1) is 5.41 Å². The SMILES string of the molecule is CCCCOC(=O)Oc1ccc(C[C@H](N)C(=O)O[C@@H](C)COC(=O)C(C)(C)CC)cc1OC(=O)OCCCC. The Hall–Kier alpha value is -3.34. The minimum atomic E-state index is -1.06. The van der Waals surface area contributed by atoms with Gasteiger partial charge in [0.1, 0.15) is 18.8 Å². The number of esters is 2. The number of carbonyl (C=O) groups excluding carboxylic acids is 4. The summed E-state index contributed by atoms with van der Waals surface area (Å²) < 4.78 is 31.1. The Labute approximate surface area is 230 Å². The Bertz CT molecular complexity index is 946. The summed E-state index contributed by atoms with van der Waals surface area (Å²) in [4.78, 5) is 48.8. The van der Waals surface area contributed by atoms with Crippen LogP contribution in [0.2, 0.25) is 0 Å². The predicted octanol–water partition coefficient (Wildman–Crippen LogP) is 5.10. The fraction of sp³-hybridized carbons (Fsp3) is 0.643. The topological polar surface area (TPSA) is 150 Å². The molecule has 0 bridgehead atoms. The molecule has 0 saturated carbocycles. The van der Waals surface area contributed by atoms with Crippen LogP contribution in [0.25, 0.3) is 0 Å². The summed E-state index contributed by atoms with van der Waals surface area (Å²) in [6.07, 6.45) is 1.01. The van der Waals surface area contributed by atoms with E-state index in [1.807, 2.05) is 20.8 Å². The van der Waals surface area contributed by atoms with Gasteiger partial charge >= 0.3 is 24.2 Å². The number of hydrogen-bond donors (Lipinski definition) is 1. The summed E-state index contributed by atoms with van der Waals surface area (Å²) in [5.74, 6) is -1.24. The molecule has 2 N–H and O–H groups in total. The van der Waals surface area contributed by atoms with Gasteiger partial charge in [0, 0.05) is 0 Å². The first kappa shape index (κ1) is 33.7. The molecule has 0 fully saturated rings. The van der Waals surface area contributed by atoms with Crippen LogP contribution in [0.15, 0.2) is 18.2 Å². The first-order valence-electron chi connectivity index (χ1n) is 13.4. The van der Waals surface area contributed by atoms with E-state index in [-0.39, 0.29) is 43.7 Å². The smallest absolute Gasteiger partial charge is 0.461 e. The molecule has 220 valence electrons. The summed E-state index contributed by atoms with van der Waals surface area (Å²) in [6, 6.07) is 3.32. The third-order valence-corrected chi connectivity index (χ3v) is 5.79. The molecule has 11 nitrogen and oxygen atoms in total. The molecule has 0 aromatic heterocycles. The molecule has 0 spiro atoms. The molecule has 11 heteroatoms. The van der Waals surface area contributed by atoms with E-state index in [4.69, 9.17) is 34.2 Å². The van der Waals surface area contributed by atoms with Gasteiger partial charge in [-0.2, -0.15) is 0 Å².